The van der Waals surface area contributed by atoms with Crippen LogP contribution in [0.4, 0.5) is 13.2 Å². The molecule has 0 saturated carbocycles. The number of ketones is 1. The lowest BCUT2D eigenvalue weighted by atomic mass is 9.73. The Hall–Kier alpha value is -2.77. The number of methoxy groups -OCH3 is 1. The van der Waals surface area contributed by atoms with Crippen molar-refractivity contribution in [2.75, 3.05) is 13.7 Å². The van der Waals surface area contributed by atoms with Crippen molar-refractivity contribution in [3.63, 3.8) is 0 Å². The molecule has 1 N–H and O–H groups in total. The molecule has 1 aliphatic heterocycles. The van der Waals surface area contributed by atoms with Crippen LogP contribution in [-0.4, -0.2) is 41.5 Å². The van der Waals surface area contributed by atoms with Crippen LogP contribution in [0.3, 0.4) is 0 Å². The number of amides is 1. The molecule has 1 aliphatic carbocycles. The van der Waals surface area contributed by atoms with Crippen LogP contribution in [0.5, 0.6) is 11.5 Å². The maximum atomic E-state index is 12.9. The van der Waals surface area contributed by atoms with Crippen LogP contribution < -0.4 is 4.74 Å². The number of phenolic OH excluding ortho intramolecular Hbond substituents is 1. The summed E-state index contributed by atoms with van der Waals surface area (Å²) in [7, 11) is 1.33. The van der Waals surface area contributed by atoms with Crippen molar-refractivity contribution in [2.24, 2.45) is 0 Å². The highest BCUT2D eigenvalue weighted by Gasteiger charge is 2.45. The molecule has 5 nitrogen and oxygen atoms in total. The number of ether oxygens (including phenoxy) is 1. The minimum Gasteiger partial charge on any atom is -0.504 e. The van der Waals surface area contributed by atoms with Gasteiger partial charge in [0.05, 0.1) is 7.11 Å². The summed E-state index contributed by atoms with van der Waals surface area (Å²) in [4.78, 5) is 24.0. The first-order chi connectivity index (χ1) is 12.2. The number of carbonyl (C=O) groups is 2. The molecule has 0 bridgehead atoms. The van der Waals surface area contributed by atoms with Crippen molar-refractivity contribution in [2.45, 2.75) is 24.6 Å². The van der Waals surface area contributed by atoms with Crippen LogP contribution in [0.25, 0.3) is 0 Å². The second-order valence-corrected chi connectivity index (χ2v) is 6.27. The van der Waals surface area contributed by atoms with Crippen molar-refractivity contribution in [3.8, 4) is 11.5 Å². The predicted octanol–water partition coefficient (Wildman–Crippen LogP) is 2.63. The monoisotopic (exact) mass is 367 g/mol. The van der Waals surface area contributed by atoms with E-state index in [0.29, 0.717) is 11.1 Å². The molecule has 2 aliphatic rings. The average molecular weight is 367 g/mol. The molecule has 1 spiro atoms. The Labute approximate surface area is 147 Å². The Bertz CT molecular complexity index is 810. The lowest BCUT2D eigenvalue weighted by molar-refractivity contribution is -0.186. The van der Waals surface area contributed by atoms with E-state index in [1.807, 2.05) is 0 Å². The Kier molecular flexibility index (Phi) is 4.29. The number of alkyl halides is 3. The Morgan fingerprint density at radius 1 is 1.27 bits per heavy atom. The molecule has 8 heteroatoms. The fourth-order valence-electron chi connectivity index (χ4n) is 3.35. The normalized spacial score (nSPS) is 18.6. The van der Waals surface area contributed by atoms with Gasteiger partial charge in [-0.3, -0.25) is 9.59 Å². The largest absolute Gasteiger partial charge is 0.504 e. The molecule has 1 aromatic rings. The van der Waals surface area contributed by atoms with Gasteiger partial charge in [0, 0.05) is 18.5 Å². The van der Waals surface area contributed by atoms with Gasteiger partial charge in [-0.15, -0.1) is 0 Å². The summed E-state index contributed by atoms with van der Waals surface area (Å²) in [5.74, 6) is -2.23. The number of halogens is 3. The Morgan fingerprint density at radius 2 is 1.92 bits per heavy atom. The summed E-state index contributed by atoms with van der Waals surface area (Å²) in [5, 5.41) is 10.1. The van der Waals surface area contributed by atoms with Crippen molar-refractivity contribution in [1.82, 2.24) is 4.90 Å². The number of rotatable bonds is 1. The first kappa shape index (κ1) is 18.0. The number of hydrogen-bond acceptors (Lipinski definition) is 4. The SMILES string of the molecule is COc1cc2c(cc1O)C1(C=CC(=O)C=C1)CCN(C(=O)C(F)(F)F)C2. The number of aromatic hydroxyl groups is 1. The van der Waals surface area contributed by atoms with Crippen LogP contribution in [0, 0.1) is 0 Å². The molecular formula is C18H16F3NO4. The van der Waals surface area contributed by atoms with Crippen LogP contribution in [0.2, 0.25) is 0 Å². The van der Waals surface area contributed by atoms with E-state index in [-0.39, 0.29) is 36.8 Å². The highest BCUT2D eigenvalue weighted by atomic mass is 19.4. The van der Waals surface area contributed by atoms with E-state index in [0.717, 1.165) is 4.90 Å². The zero-order chi connectivity index (χ0) is 19.1. The number of benzene rings is 1. The highest BCUT2D eigenvalue weighted by molar-refractivity contribution is 6.00. The van der Waals surface area contributed by atoms with Gasteiger partial charge in [-0.25, -0.2) is 0 Å². The molecule has 3 rings (SSSR count). The van der Waals surface area contributed by atoms with E-state index in [1.54, 1.807) is 12.2 Å². The predicted molar refractivity (Wildman–Crippen MR) is 85.7 cm³/mol. The molecule has 0 fully saturated rings. The zero-order valence-corrected chi connectivity index (χ0v) is 13.8. The maximum absolute atomic E-state index is 12.9. The number of nitrogens with zero attached hydrogens (tertiary/aromatic N) is 1. The summed E-state index contributed by atoms with van der Waals surface area (Å²) in [6.07, 6.45) is 1.04. The lowest BCUT2D eigenvalue weighted by Crippen LogP contribution is -2.41. The summed E-state index contributed by atoms with van der Waals surface area (Å²) in [6, 6.07) is 2.84. The number of hydrogen-bond donors (Lipinski definition) is 1. The Morgan fingerprint density at radius 3 is 2.50 bits per heavy atom. The molecule has 1 aromatic carbocycles. The second-order valence-electron chi connectivity index (χ2n) is 6.27. The third-order valence-electron chi connectivity index (χ3n) is 4.68. The van der Waals surface area contributed by atoms with Gasteiger partial charge in [0.15, 0.2) is 17.3 Å². The van der Waals surface area contributed by atoms with E-state index in [9.17, 15) is 27.9 Å². The standard InChI is InChI=1S/C18H16F3NO4/c1-26-15-8-11-10-22(16(25)18(19,20)21)7-6-17(13(11)9-14(15)24)4-2-12(23)3-5-17/h2-5,8-9,24H,6-7,10H2,1H3. The topological polar surface area (TPSA) is 66.8 Å². The molecule has 138 valence electrons. The van der Waals surface area contributed by atoms with E-state index in [1.165, 1.54) is 31.4 Å². The quantitative estimate of drug-likeness (QED) is 0.829. The van der Waals surface area contributed by atoms with E-state index in [4.69, 9.17) is 4.74 Å². The van der Waals surface area contributed by atoms with Crippen LogP contribution in [-0.2, 0) is 21.5 Å². The molecule has 0 atom stereocenters. The van der Waals surface area contributed by atoms with E-state index >= 15 is 0 Å². The molecule has 1 heterocycles. The molecular weight excluding hydrogens is 351 g/mol. The zero-order valence-electron chi connectivity index (χ0n) is 13.8. The van der Waals surface area contributed by atoms with E-state index in [2.05, 4.69) is 0 Å². The summed E-state index contributed by atoms with van der Waals surface area (Å²) >= 11 is 0. The van der Waals surface area contributed by atoms with Gasteiger partial charge in [-0.2, -0.15) is 13.2 Å². The molecule has 0 saturated heterocycles. The first-order valence-corrected chi connectivity index (χ1v) is 7.85. The van der Waals surface area contributed by atoms with Gasteiger partial charge in [-0.1, -0.05) is 12.2 Å². The second kappa shape index (κ2) is 6.19. The van der Waals surface area contributed by atoms with Crippen LogP contribution in [0.15, 0.2) is 36.4 Å². The van der Waals surface area contributed by atoms with Crippen molar-refractivity contribution in [3.05, 3.63) is 47.6 Å². The Balaban J connectivity index is 2.13. The summed E-state index contributed by atoms with van der Waals surface area (Å²) in [6.45, 7) is -0.430. The van der Waals surface area contributed by atoms with Gasteiger partial charge in [0.1, 0.15) is 0 Å². The molecule has 0 aromatic heterocycles. The van der Waals surface area contributed by atoms with Gasteiger partial charge in [0.2, 0.25) is 0 Å². The van der Waals surface area contributed by atoms with Crippen LogP contribution in [0.1, 0.15) is 17.5 Å². The third-order valence-corrected chi connectivity index (χ3v) is 4.68. The van der Waals surface area contributed by atoms with Gasteiger partial charge in [0.25, 0.3) is 0 Å². The van der Waals surface area contributed by atoms with Gasteiger partial charge in [-0.05, 0) is 41.8 Å². The van der Waals surface area contributed by atoms with Crippen molar-refractivity contribution in [1.29, 1.82) is 0 Å². The molecule has 0 radical (unpaired) electrons. The molecule has 0 unspecified atom stereocenters. The first-order valence-electron chi connectivity index (χ1n) is 7.85. The minimum atomic E-state index is -4.98. The van der Waals surface area contributed by atoms with Crippen molar-refractivity contribution < 1.29 is 32.6 Å². The highest BCUT2D eigenvalue weighted by Crippen LogP contribution is 2.43. The van der Waals surface area contributed by atoms with Gasteiger partial charge < -0.3 is 14.7 Å². The summed E-state index contributed by atoms with van der Waals surface area (Å²) < 4.78 is 43.8. The summed E-state index contributed by atoms with van der Waals surface area (Å²) in [5.41, 5.74) is 0.0693. The average Bonchev–Trinajstić information content (AvgIpc) is 2.73. The fraction of sp³-hybridized carbons (Fsp3) is 0.333. The molecule has 26 heavy (non-hydrogen) atoms. The smallest absolute Gasteiger partial charge is 0.471 e. The fourth-order valence-corrected chi connectivity index (χ4v) is 3.35. The van der Waals surface area contributed by atoms with E-state index < -0.39 is 17.5 Å². The van der Waals surface area contributed by atoms with Crippen LogP contribution >= 0.6 is 0 Å². The third kappa shape index (κ3) is 3.07. The van der Waals surface area contributed by atoms with Crippen molar-refractivity contribution >= 4 is 11.7 Å². The minimum absolute atomic E-state index is 0.0973. The maximum Gasteiger partial charge on any atom is 0.471 e. The van der Waals surface area contributed by atoms with Gasteiger partial charge >= 0.3 is 12.1 Å². The molecule has 1 amide bonds. The number of phenols is 1. The number of allylic oxidation sites excluding steroid dienone is 4. The lowest BCUT2D eigenvalue weighted by Gasteiger charge is -2.30. The number of fused-ring (bicyclic) bond motifs is 2. The number of carbonyl (C=O) groups excluding carboxylic acids is 2.